The highest BCUT2D eigenvalue weighted by Gasteiger charge is 2.45. The molecule has 1 aromatic carbocycles. The fraction of sp³-hybridized carbons (Fsp3) is 0.467. The maximum Gasteiger partial charge on any atom is 0.226 e. The van der Waals surface area contributed by atoms with Crippen LogP contribution in [0.1, 0.15) is 31.2 Å². The number of carbonyl (C=O) groups excluding carboxylic acids is 1. The van der Waals surface area contributed by atoms with Gasteiger partial charge in [0.2, 0.25) is 5.91 Å². The third-order valence-corrected chi connectivity index (χ3v) is 3.73. The fourth-order valence-corrected chi connectivity index (χ4v) is 2.28. The molecule has 3 unspecified atom stereocenters. The van der Waals surface area contributed by atoms with Crippen LogP contribution >= 0.6 is 0 Å². The zero-order chi connectivity index (χ0) is 13.1. The van der Waals surface area contributed by atoms with Crippen molar-refractivity contribution < 1.29 is 4.79 Å². The molecule has 0 bridgehead atoms. The van der Waals surface area contributed by atoms with E-state index in [0.717, 1.165) is 6.42 Å². The van der Waals surface area contributed by atoms with Crippen molar-refractivity contribution in [1.29, 1.82) is 5.26 Å². The Morgan fingerprint density at radius 3 is 2.78 bits per heavy atom. The molecule has 1 amide bonds. The fourth-order valence-electron chi connectivity index (χ4n) is 2.28. The van der Waals surface area contributed by atoms with Gasteiger partial charge >= 0.3 is 0 Å². The average Bonchev–Trinajstić information content (AvgIpc) is 3.18. The third kappa shape index (κ3) is 2.53. The van der Waals surface area contributed by atoms with E-state index < -0.39 is 0 Å². The van der Waals surface area contributed by atoms with Gasteiger partial charge < -0.3 is 4.90 Å². The molecule has 1 saturated carbocycles. The molecular formula is C15H18N2O. The first kappa shape index (κ1) is 12.6. The lowest BCUT2D eigenvalue weighted by Crippen LogP contribution is -2.36. The van der Waals surface area contributed by atoms with Crippen molar-refractivity contribution in [3.05, 3.63) is 35.9 Å². The molecular weight excluding hydrogens is 224 g/mol. The van der Waals surface area contributed by atoms with Gasteiger partial charge in [-0.05, 0) is 24.8 Å². The number of hydrogen-bond donors (Lipinski definition) is 0. The van der Waals surface area contributed by atoms with Crippen LogP contribution < -0.4 is 0 Å². The molecule has 1 fully saturated rings. The summed E-state index contributed by atoms with van der Waals surface area (Å²) >= 11 is 0. The lowest BCUT2D eigenvalue weighted by molar-refractivity contribution is -0.133. The molecule has 0 aromatic heterocycles. The van der Waals surface area contributed by atoms with Crippen molar-refractivity contribution >= 4 is 5.91 Å². The van der Waals surface area contributed by atoms with Crippen LogP contribution in [0.3, 0.4) is 0 Å². The highest BCUT2D eigenvalue weighted by molar-refractivity contribution is 5.83. The highest BCUT2D eigenvalue weighted by Crippen LogP contribution is 2.48. The van der Waals surface area contributed by atoms with Gasteiger partial charge in [-0.15, -0.1) is 0 Å². The minimum Gasteiger partial charge on any atom is -0.342 e. The molecule has 0 aliphatic heterocycles. The van der Waals surface area contributed by atoms with E-state index in [1.54, 1.807) is 11.9 Å². The zero-order valence-electron chi connectivity index (χ0n) is 10.8. The minimum absolute atomic E-state index is 0.000441. The normalized spacial score (nSPS) is 22.9. The summed E-state index contributed by atoms with van der Waals surface area (Å²) in [5, 5.41) is 8.66. The SMILES string of the molecule is CC(CC#N)N(C)C(=O)C1CC1c1ccccc1. The number of amides is 1. The van der Waals surface area contributed by atoms with Crippen molar-refractivity contribution in [2.75, 3.05) is 7.05 Å². The van der Waals surface area contributed by atoms with Crippen LogP contribution in [0.2, 0.25) is 0 Å². The first-order chi connectivity index (χ1) is 8.65. The Morgan fingerprint density at radius 1 is 1.50 bits per heavy atom. The van der Waals surface area contributed by atoms with E-state index in [4.69, 9.17) is 5.26 Å². The largest absolute Gasteiger partial charge is 0.342 e. The Labute approximate surface area is 108 Å². The number of hydrogen-bond acceptors (Lipinski definition) is 2. The molecule has 0 saturated heterocycles. The van der Waals surface area contributed by atoms with Gasteiger partial charge in [0.05, 0.1) is 12.5 Å². The Balaban J connectivity index is 1.96. The maximum absolute atomic E-state index is 12.2. The summed E-state index contributed by atoms with van der Waals surface area (Å²) in [5.74, 6) is 0.653. The van der Waals surface area contributed by atoms with Crippen molar-refractivity contribution in [1.82, 2.24) is 4.90 Å². The zero-order valence-corrected chi connectivity index (χ0v) is 10.8. The molecule has 1 aliphatic carbocycles. The quantitative estimate of drug-likeness (QED) is 0.814. The number of nitrogens with zero attached hydrogens (tertiary/aromatic N) is 2. The first-order valence-electron chi connectivity index (χ1n) is 6.33. The van der Waals surface area contributed by atoms with Gasteiger partial charge in [-0.2, -0.15) is 5.26 Å². The van der Waals surface area contributed by atoms with Crippen LogP contribution in [0, 0.1) is 17.2 Å². The van der Waals surface area contributed by atoms with Crippen molar-refractivity contribution in [3.8, 4) is 6.07 Å². The van der Waals surface area contributed by atoms with Gasteiger partial charge in [0, 0.05) is 19.0 Å². The Hall–Kier alpha value is -1.82. The smallest absolute Gasteiger partial charge is 0.226 e. The van der Waals surface area contributed by atoms with Crippen molar-refractivity contribution in [2.24, 2.45) is 5.92 Å². The van der Waals surface area contributed by atoms with Crippen LogP contribution in [-0.2, 0) is 4.79 Å². The van der Waals surface area contributed by atoms with Crippen molar-refractivity contribution in [3.63, 3.8) is 0 Å². The maximum atomic E-state index is 12.2. The molecule has 1 aliphatic rings. The molecule has 0 N–H and O–H groups in total. The first-order valence-corrected chi connectivity index (χ1v) is 6.33. The predicted molar refractivity (Wildman–Crippen MR) is 69.8 cm³/mol. The van der Waals surface area contributed by atoms with Gasteiger partial charge in [0.1, 0.15) is 0 Å². The molecule has 0 radical (unpaired) electrons. The number of benzene rings is 1. The van der Waals surface area contributed by atoms with Crippen molar-refractivity contribution in [2.45, 2.75) is 31.7 Å². The van der Waals surface area contributed by atoms with Gasteiger partial charge in [-0.3, -0.25) is 4.79 Å². The van der Waals surface area contributed by atoms with Crippen LogP contribution in [0.15, 0.2) is 30.3 Å². The van der Waals surface area contributed by atoms with Crippen LogP contribution in [0.25, 0.3) is 0 Å². The summed E-state index contributed by atoms with van der Waals surface area (Å²) in [5.41, 5.74) is 1.25. The average molecular weight is 242 g/mol. The van der Waals surface area contributed by atoms with E-state index in [-0.39, 0.29) is 17.9 Å². The summed E-state index contributed by atoms with van der Waals surface area (Å²) < 4.78 is 0. The van der Waals surface area contributed by atoms with E-state index in [0.29, 0.717) is 12.3 Å². The molecule has 3 heteroatoms. The molecule has 0 spiro atoms. The summed E-state index contributed by atoms with van der Waals surface area (Å²) in [6.45, 7) is 1.92. The van der Waals surface area contributed by atoms with E-state index in [9.17, 15) is 4.79 Å². The second-order valence-electron chi connectivity index (χ2n) is 5.02. The topological polar surface area (TPSA) is 44.1 Å². The monoisotopic (exact) mass is 242 g/mol. The lowest BCUT2D eigenvalue weighted by atomic mass is 10.1. The third-order valence-electron chi connectivity index (χ3n) is 3.73. The molecule has 0 heterocycles. The second-order valence-corrected chi connectivity index (χ2v) is 5.02. The Kier molecular flexibility index (Phi) is 3.66. The Morgan fingerprint density at radius 2 is 2.17 bits per heavy atom. The van der Waals surface area contributed by atoms with Gasteiger partial charge in [-0.1, -0.05) is 30.3 Å². The van der Waals surface area contributed by atoms with Gasteiger partial charge in [0.15, 0.2) is 0 Å². The second kappa shape index (κ2) is 5.22. The van der Waals surface area contributed by atoms with E-state index in [1.165, 1.54) is 5.56 Å². The predicted octanol–water partition coefficient (Wildman–Crippen LogP) is 2.55. The summed E-state index contributed by atoms with van der Waals surface area (Å²) in [6.07, 6.45) is 1.33. The molecule has 2 rings (SSSR count). The molecule has 18 heavy (non-hydrogen) atoms. The van der Waals surface area contributed by atoms with E-state index >= 15 is 0 Å². The summed E-state index contributed by atoms with van der Waals surface area (Å²) in [4.78, 5) is 13.9. The number of nitriles is 1. The van der Waals surface area contributed by atoms with Crippen LogP contribution in [0.4, 0.5) is 0 Å². The number of rotatable bonds is 4. The van der Waals surface area contributed by atoms with Crippen LogP contribution in [0.5, 0.6) is 0 Å². The summed E-state index contributed by atoms with van der Waals surface area (Å²) in [7, 11) is 1.80. The van der Waals surface area contributed by atoms with Crippen LogP contribution in [-0.4, -0.2) is 23.9 Å². The standard InChI is InChI=1S/C15H18N2O/c1-11(8-9-16)17(2)15(18)14-10-13(14)12-6-4-3-5-7-12/h3-7,11,13-14H,8,10H2,1-2H3. The van der Waals surface area contributed by atoms with E-state index in [2.05, 4.69) is 18.2 Å². The summed E-state index contributed by atoms with van der Waals surface area (Å²) in [6, 6.07) is 12.3. The van der Waals surface area contributed by atoms with Gasteiger partial charge in [-0.25, -0.2) is 0 Å². The number of carbonyl (C=O) groups is 1. The Bertz CT molecular complexity index is 463. The molecule has 3 atom stereocenters. The molecule has 1 aromatic rings. The van der Waals surface area contributed by atoms with Gasteiger partial charge in [0.25, 0.3) is 0 Å². The molecule has 94 valence electrons. The minimum atomic E-state index is -0.000441. The highest BCUT2D eigenvalue weighted by atomic mass is 16.2. The van der Waals surface area contributed by atoms with E-state index in [1.807, 2.05) is 25.1 Å². The molecule has 3 nitrogen and oxygen atoms in total. The lowest BCUT2D eigenvalue weighted by Gasteiger charge is -2.23.